The van der Waals surface area contributed by atoms with Gasteiger partial charge in [0.05, 0.1) is 6.61 Å². The van der Waals surface area contributed by atoms with Crippen LogP contribution in [0.5, 0.6) is 0 Å². The second-order valence-corrected chi connectivity index (χ2v) is 4.97. The first kappa shape index (κ1) is 15.9. The Balaban J connectivity index is 2.88. The molecule has 0 radical (unpaired) electrons. The fraction of sp³-hybridized carbons (Fsp3) is 1.00. The van der Waals surface area contributed by atoms with Gasteiger partial charge in [-0.25, -0.2) is 4.57 Å². The first-order chi connectivity index (χ1) is 8.17. The Morgan fingerprint density at radius 1 is 1.22 bits per heavy atom. The molecule has 108 valence electrons. The first-order valence-electron chi connectivity index (χ1n) is 4.90. The number of rotatable bonds is 4. The summed E-state index contributed by atoms with van der Waals surface area (Å²) in [7, 11) is -5.03. The standard InChI is InChI=1S/C7H15O10P/c8-1-2(9)5-3(10)6(17-18(13,14)15)4(11)7(12)16-5/h2-12H,1H2,(H2,13,14,15)/t2-,3+,4-,5+,6-,7-/m0/s1. The molecule has 0 aromatic heterocycles. The predicted octanol–water partition coefficient (Wildman–Crippen LogP) is -3.74. The summed E-state index contributed by atoms with van der Waals surface area (Å²) in [6, 6.07) is 0. The molecule has 0 bridgehead atoms. The average Bonchev–Trinajstić information content (AvgIpc) is 2.27. The van der Waals surface area contributed by atoms with E-state index < -0.39 is 51.2 Å². The molecule has 0 spiro atoms. The lowest BCUT2D eigenvalue weighted by Crippen LogP contribution is -2.61. The van der Waals surface area contributed by atoms with Crippen molar-refractivity contribution in [3.05, 3.63) is 0 Å². The largest absolute Gasteiger partial charge is 0.470 e. The van der Waals surface area contributed by atoms with Crippen LogP contribution in [0, 0.1) is 0 Å². The maximum Gasteiger partial charge on any atom is 0.470 e. The van der Waals surface area contributed by atoms with Crippen molar-refractivity contribution in [1.29, 1.82) is 0 Å². The third kappa shape index (κ3) is 3.68. The van der Waals surface area contributed by atoms with E-state index in [9.17, 15) is 25.0 Å². The molecule has 1 aliphatic heterocycles. The lowest BCUT2D eigenvalue weighted by Gasteiger charge is -2.41. The predicted molar refractivity (Wildman–Crippen MR) is 52.9 cm³/mol. The van der Waals surface area contributed by atoms with E-state index in [4.69, 9.17) is 14.9 Å². The van der Waals surface area contributed by atoms with Gasteiger partial charge in [-0.1, -0.05) is 0 Å². The third-order valence-corrected chi connectivity index (χ3v) is 2.94. The Bertz CT molecular complexity index is 317. The summed E-state index contributed by atoms with van der Waals surface area (Å²) in [6.07, 6.45) is -10.8. The zero-order chi connectivity index (χ0) is 14.1. The summed E-state index contributed by atoms with van der Waals surface area (Å²) < 4.78 is 19.4. The molecule has 0 saturated carbocycles. The van der Waals surface area contributed by atoms with Gasteiger partial charge in [0.2, 0.25) is 0 Å². The highest BCUT2D eigenvalue weighted by molar-refractivity contribution is 7.46. The number of ether oxygens (including phenoxy) is 1. The molecule has 7 N–H and O–H groups in total. The molecule has 0 aromatic rings. The molecule has 1 rings (SSSR count). The minimum atomic E-state index is -5.03. The van der Waals surface area contributed by atoms with Crippen molar-refractivity contribution in [2.45, 2.75) is 36.8 Å². The number of phosphoric acid groups is 1. The zero-order valence-electron chi connectivity index (χ0n) is 8.97. The van der Waals surface area contributed by atoms with Crippen LogP contribution in [0.1, 0.15) is 0 Å². The van der Waals surface area contributed by atoms with Gasteiger partial charge < -0.3 is 40.1 Å². The van der Waals surface area contributed by atoms with Gasteiger partial charge in [-0.2, -0.15) is 0 Å². The van der Waals surface area contributed by atoms with Crippen molar-refractivity contribution in [2.24, 2.45) is 0 Å². The fourth-order valence-electron chi connectivity index (χ4n) is 1.58. The van der Waals surface area contributed by atoms with Crippen molar-refractivity contribution in [2.75, 3.05) is 6.61 Å². The molecule has 0 unspecified atom stereocenters. The summed E-state index contributed by atoms with van der Waals surface area (Å²) in [5.74, 6) is 0. The first-order valence-corrected chi connectivity index (χ1v) is 6.43. The summed E-state index contributed by atoms with van der Waals surface area (Å²) in [5.41, 5.74) is 0. The van der Waals surface area contributed by atoms with Crippen LogP contribution in [0.3, 0.4) is 0 Å². The van der Waals surface area contributed by atoms with Gasteiger partial charge in [-0.15, -0.1) is 0 Å². The number of hydrogen-bond donors (Lipinski definition) is 7. The van der Waals surface area contributed by atoms with Crippen LogP contribution in [0.25, 0.3) is 0 Å². The van der Waals surface area contributed by atoms with Crippen LogP contribution < -0.4 is 0 Å². The van der Waals surface area contributed by atoms with E-state index in [-0.39, 0.29) is 0 Å². The van der Waals surface area contributed by atoms with Crippen LogP contribution in [-0.2, 0) is 13.8 Å². The lowest BCUT2D eigenvalue weighted by molar-refractivity contribution is -0.295. The second kappa shape index (κ2) is 5.88. The van der Waals surface area contributed by atoms with Crippen molar-refractivity contribution in [3.63, 3.8) is 0 Å². The third-order valence-electron chi connectivity index (χ3n) is 2.42. The molecule has 0 amide bonds. The summed E-state index contributed by atoms with van der Waals surface area (Å²) in [6.45, 7) is -0.826. The highest BCUT2D eigenvalue weighted by Gasteiger charge is 2.49. The normalized spacial score (nSPS) is 39.6. The van der Waals surface area contributed by atoms with Crippen LogP contribution in [0.4, 0.5) is 0 Å². The van der Waals surface area contributed by atoms with Crippen LogP contribution in [-0.4, -0.2) is 78.7 Å². The van der Waals surface area contributed by atoms with Crippen LogP contribution >= 0.6 is 7.82 Å². The molecule has 1 fully saturated rings. The van der Waals surface area contributed by atoms with Crippen molar-refractivity contribution >= 4 is 7.82 Å². The van der Waals surface area contributed by atoms with Crippen LogP contribution in [0.15, 0.2) is 0 Å². The smallest absolute Gasteiger partial charge is 0.394 e. The molecule has 11 heteroatoms. The average molecular weight is 290 g/mol. The van der Waals surface area contributed by atoms with Gasteiger partial charge in [-0.05, 0) is 0 Å². The number of phosphoric ester groups is 1. The Morgan fingerprint density at radius 2 is 1.78 bits per heavy atom. The molecule has 18 heavy (non-hydrogen) atoms. The summed E-state index contributed by atoms with van der Waals surface area (Å²) in [5, 5.41) is 46.3. The number of aliphatic hydroxyl groups excluding tert-OH is 5. The van der Waals surface area contributed by atoms with Gasteiger partial charge in [0.25, 0.3) is 0 Å². The number of hydrogen-bond acceptors (Lipinski definition) is 8. The van der Waals surface area contributed by atoms with E-state index in [1.54, 1.807) is 0 Å². The molecule has 0 aromatic carbocycles. The maximum atomic E-state index is 10.7. The Kier molecular flexibility index (Phi) is 5.21. The van der Waals surface area contributed by atoms with Crippen molar-refractivity contribution in [1.82, 2.24) is 0 Å². The molecule has 10 nitrogen and oxygen atoms in total. The minimum Gasteiger partial charge on any atom is -0.394 e. The molecule has 1 aliphatic rings. The monoisotopic (exact) mass is 290 g/mol. The lowest BCUT2D eigenvalue weighted by atomic mass is 9.96. The van der Waals surface area contributed by atoms with E-state index in [0.717, 1.165) is 0 Å². The van der Waals surface area contributed by atoms with Crippen molar-refractivity contribution in [3.8, 4) is 0 Å². The van der Waals surface area contributed by atoms with Gasteiger partial charge in [0, 0.05) is 0 Å². The van der Waals surface area contributed by atoms with Crippen LogP contribution in [0.2, 0.25) is 0 Å². The highest BCUT2D eigenvalue weighted by atomic mass is 31.2. The van der Waals surface area contributed by atoms with Gasteiger partial charge in [0.15, 0.2) is 6.29 Å². The number of aliphatic hydroxyl groups is 5. The quantitative estimate of drug-likeness (QED) is 0.254. The van der Waals surface area contributed by atoms with Gasteiger partial charge in [0.1, 0.15) is 30.5 Å². The highest BCUT2D eigenvalue weighted by Crippen LogP contribution is 2.41. The fourth-order valence-corrected chi connectivity index (χ4v) is 2.15. The molecule has 0 aliphatic carbocycles. The van der Waals surface area contributed by atoms with E-state index in [2.05, 4.69) is 9.26 Å². The summed E-state index contributed by atoms with van der Waals surface area (Å²) in [4.78, 5) is 17.2. The van der Waals surface area contributed by atoms with E-state index in [0.29, 0.717) is 0 Å². The Labute approximate surface area is 101 Å². The van der Waals surface area contributed by atoms with E-state index >= 15 is 0 Å². The topological polar surface area (TPSA) is 177 Å². The zero-order valence-corrected chi connectivity index (χ0v) is 9.87. The van der Waals surface area contributed by atoms with E-state index in [1.165, 1.54) is 0 Å². The molecular weight excluding hydrogens is 275 g/mol. The van der Waals surface area contributed by atoms with Gasteiger partial charge in [-0.3, -0.25) is 4.52 Å². The Morgan fingerprint density at radius 3 is 2.22 bits per heavy atom. The second-order valence-electron chi connectivity index (χ2n) is 3.78. The molecule has 1 heterocycles. The van der Waals surface area contributed by atoms with E-state index in [1.807, 2.05) is 0 Å². The molecule has 1 saturated heterocycles. The minimum absolute atomic E-state index is 0.826. The van der Waals surface area contributed by atoms with Gasteiger partial charge >= 0.3 is 7.82 Å². The van der Waals surface area contributed by atoms with Crippen molar-refractivity contribution < 1.29 is 49.1 Å². The Hall–Kier alpha value is -0.130. The SMILES string of the molecule is O=P(O)(O)O[C@H]1[C@H](O)[C@@H]([C@@H](O)CO)O[C@H](O)[C@H]1O. The molecule has 6 atom stereocenters. The maximum absolute atomic E-state index is 10.7. The summed E-state index contributed by atoms with van der Waals surface area (Å²) >= 11 is 0. The molecular formula is C7H15O10P.